The SMILES string of the molecule is N=C(N)c1cc(C(F)(F)F)ccc1N1CCOC(CO)C1. The maximum Gasteiger partial charge on any atom is 0.416 e. The third kappa shape index (κ3) is 3.45. The lowest BCUT2D eigenvalue weighted by atomic mass is 10.1. The monoisotopic (exact) mass is 303 g/mol. The first kappa shape index (κ1) is 15.6. The fourth-order valence-corrected chi connectivity index (χ4v) is 2.25. The van der Waals surface area contributed by atoms with Gasteiger partial charge in [0.15, 0.2) is 0 Å². The number of nitrogen functional groups attached to an aromatic ring is 1. The number of rotatable bonds is 3. The van der Waals surface area contributed by atoms with E-state index in [1.165, 1.54) is 6.07 Å². The van der Waals surface area contributed by atoms with Crippen molar-refractivity contribution in [2.75, 3.05) is 31.2 Å². The number of anilines is 1. The largest absolute Gasteiger partial charge is 0.416 e. The molecule has 2 rings (SSSR count). The van der Waals surface area contributed by atoms with Crippen LogP contribution in [0.4, 0.5) is 18.9 Å². The zero-order chi connectivity index (χ0) is 15.6. The molecule has 1 aliphatic heterocycles. The van der Waals surface area contributed by atoms with Gasteiger partial charge in [-0.15, -0.1) is 0 Å². The van der Waals surface area contributed by atoms with Gasteiger partial charge in [0.1, 0.15) is 5.84 Å². The molecule has 0 amide bonds. The Bertz CT molecular complexity index is 534. The van der Waals surface area contributed by atoms with Crippen LogP contribution in [-0.2, 0) is 10.9 Å². The zero-order valence-corrected chi connectivity index (χ0v) is 11.2. The quantitative estimate of drug-likeness (QED) is 0.578. The molecule has 1 fully saturated rings. The van der Waals surface area contributed by atoms with Gasteiger partial charge in [-0.2, -0.15) is 13.2 Å². The van der Waals surface area contributed by atoms with Gasteiger partial charge < -0.3 is 20.5 Å². The standard InChI is InChI=1S/C13H16F3N3O2/c14-13(15,16)8-1-2-11(10(5-8)12(17)18)19-3-4-21-9(6-19)7-20/h1-2,5,9,20H,3-4,6-7H2,(H3,17,18). The van der Waals surface area contributed by atoms with Crippen LogP contribution in [0, 0.1) is 5.41 Å². The number of nitrogens with two attached hydrogens (primary N) is 1. The van der Waals surface area contributed by atoms with Crippen LogP contribution in [0.5, 0.6) is 0 Å². The highest BCUT2D eigenvalue weighted by molar-refractivity contribution is 6.00. The first-order valence-corrected chi connectivity index (χ1v) is 6.36. The Morgan fingerprint density at radius 2 is 2.19 bits per heavy atom. The summed E-state index contributed by atoms with van der Waals surface area (Å²) in [6, 6.07) is 3.14. The minimum Gasteiger partial charge on any atom is -0.394 e. The van der Waals surface area contributed by atoms with E-state index < -0.39 is 23.7 Å². The number of benzene rings is 1. The van der Waals surface area contributed by atoms with Gasteiger partial charge >= 0.3 is 6.18 Å². The highest BCUT2D eigenvalue weighted by Crippen LogP contribution is 2.33. The molecule has 0 radical (unpaired) electrons. The minimum atomic E-state index is -4.48. The minimum absolute atomic E-state index is 0.0309. The average molecular weight is 303 g/mol. The summed E-state index contributed by atoms with van der Waals surface area (Å²) in [4.78, 5) is 1.77. The van der Waals surface area contributed by atoms with E-state index in [0.717, 1.165) is 12.1 Å². The maximum absolute atomic E-state index is 12.7. The Hall–Kier alpha value is -1.80. The molecule has 4 N–H and O–H groups in total. The first-order valence-electron chi connectivity index (χ1n) is 6.36. The van der Waals surface area contributed by atoms with Gasteiger partial charge in [-0.1, -0.05) is 0 Å². The third-order valence-corrected chi connectivity index (χ3v) is 3.30. The van der Waals surface area contributed by atoms with Gasteiger partial charge in [-0.25, -0.2) is 0 Å². The summed E-state index contributed by atoms with van der Waals surface area (Å²) in [5, 5.41) is 16.6. The van der Waals surface area contributed by atoms with Gasteiger partial charge in [0.25, 0.3) is 0 Å². The second-order valence-electron chi connectivity index (χ2n) is 4.76. The van der Waals surface area contributed by atoms with Crippen LogP contribution in [0.15, 0.2) is 18.2 Å². The molecular formula is C13H16F3N3O2. The molecule has 5 nitrogen and oxygen atoms in total. The van der Waals surface area contributed by atoms with Crippen LogP contribution in [0.1, 0.15) is 11.1 Å². The number of nitrogens with one attached hydrogen (secondary N) is 1. The smallest absolute Gasteiger partial charge is 0.394 e. The summed E-state index contributed by atoms with van der Waals surface area (Å²) in [5.74, 6) is -0.428. The molecule has 0 spiro atoms. The second-order valence-corrected chi connectivity index (χ2v) is 4.76. The molecule has 0 bridgehead atoms. The molecule has 0 aliphatic carbocycles. The van der Waals surface area contributed by atoms with E-state index >= 15 is 0 Å². The van der Waals surface area contributed by atoms with E-state index in [1.807, 2.05) is 0 Å². The molecule has 1 saturated heterocycles. The number of nitrogens with zero attached hydrogens (tertiary/aromatic N) is 1. The van der Waals surface area contributed by atoms with E-state index in [1.54, 1.807) is 4.90 Å². The lowest BCUT2D eigenvalue weighted by Crippen LogP contribution is -2.44. The average Bonchev–Trinajstić information content (AvgIpc) is 2.45. The summed E-state index contributed by atoms with van der Waals surface area (Å²) in [7, 11) is 0. The number of alkyl halides is 3. The molecule has 21 heavy (non-hydrogen) atoms. The highest BCUT2D eigenvalue weighted by Gasteiger charge is 2.32. The lowest BCUT2D eigenvalue weighted by molar-refractivity contribution is -0.137. The topological polar surface area (TPSA) is 82.6 Å². The summed E-state index contributed by atoms with van der Waals surface area (Å²) in [6.45, 7) is 0.973. The van der Waals surface area contributed by atoms with Gasteiger partial charge in [0.05, 0.1) is 24.9 Å². The van der Waals surface area contributed by atoms with Gasteiger partial charge in [0.2, 0.25) is 0 Å². The molecule has 1 aromatic carbocycles. The molecule has 1 atom stereocenters. The van der Waals surface area contributed by atoms with E-state index in [0.29, 0.717) is 25.4 Å². The number of ether oxygens (including phenoxy) is 1. The normalized spacial score (nSPS) is 19.6. The predicted octanol–water partition coefficient (Wildman–Crippen LogP) is 1.19. The Morgan fingerprint density at radius 3 is 2.76 bits per heavy atom. The number of hydrogen-bond donors (Lipinski definition) is 3. The van der Waals surface area contributed by atoms with Crippen LogP contribution in [0.3, 0.4) is 0 Å². The van der Waals surface area contributed by atoms with Crippen LogP contribution >= 0.6 is 0 Å². The molecule has 1 unspecified atom stereocenters. The van der Waals surface area contributed by atoms with Crippen molar-refractivity contribution >= 4 is 11.5 Å². The Morgan fingerprint density at radius 1 is 1.48 bits per heavy atom. The Balaban J connectivity index is 2.37. The molecule has 1 heterocycles. The molecular weight excluding hydrogens is 287 g/mol. The van der Waals surface area contributed by atoms with Crippen molar-refractivity contribution in [3.05, 3.63) is 29.3 Å². The van der Waals surface area contributed by atoms with E-state index in [-0.39, 0.29) is 12.2 Å². The van der Waals surface area contributed by atoms with E-state index in [4.69, 9.17) is 21.0 Å². The number of morpholine rings is 1. The number of aliphatic hydroxyl groups excluding tert-OH is 1. The molecule has 1 aromatic rings. The van der Waals surface area contributed by atoms with Crippen molar-refractivity contribution in [2.24, 2.45) is 5.73 Å². The van der Waals surface area contributed by atoms with Crippen molar-refractivity contribution < 1.29 is 23.0 Å². The fraction of sp³-hybridized carbons (Fsp3) is 0.462. The molecule has 116 valence electrons. The Kier molecular flexibility index (Phi) is 4.38. The Labute approximate surface area is 119 Å². The van der Waals surface area contributed by atoms with Gasteiger partial charge in [0, 0.05) is 24.3 Å². The van der Waals surface area contributed by atoms with Gasteiger partial charge in [-0.05, 0) is 18.2 Å². The van der Waals surface area contributed by atoms with Crippen LogP contribution in [0.2, 0.25) is 0 Å². The van der Waals surface area contributed by atoms with E-state index in [2.05, 4.69) is 0 Å². The molecule has 0 saturated carbocycles. The van der Waals surface area contributed by atoms with Crippen molar-refractivity contribution in [3.63, 3.8) is 0 Å². The van der Waals surface area contributed by atoms with Crippen molar-refractivity contribution in [1.82, 2.24) is 0 Å². The summed E-state index contributed by atoms with van der Waals surface area (Å²) >= 11 is 0. The van der Waals surface area contributed by atoms with Crippen LogP contribution in [-0.4, -0.2) is 43.3 Å². The molecule has 0 aromatic heterocycles. The van der Waals surface area contributed by atoms with Crippen molar-refractivity contribution in [3.8, 4) is 0 Å². The van der Waals surface area contributed by atoms with Crippen LogP contribution < -0.4 is 10.6 Å². The highest BCUT2D eigenvalue weighted by atomic mass is 19.4. The lowest BCUT2D eigenvalue weighted by Gasteiger charge is -2.35. The third-order valence-electron chi connectivity index (χ3n) is 3.30. The fourth-order valence-electron chi connectivity index (χ4n) is 2.25. The first-order chi connectivity index (χ1) is 9.82. The van der Waals surface area contributed by atoms with Crippen molar-refractivity contribution in [2.45, 2.75) is 12.3 Å². The van der Waals surface area contributed by atoms with E-state index in [9.17, 15) is 13.2 Å². The second kappa shape index (κ2) is 5.90. The summed E-state index contributed by atoms with van der Waals surface area (Å²) in [6.07, 6.45) is -4.89. The zero-order valence-electron chi connectivity index (χ0n) is 11.2. The summed E-state index contributed by atoms with van der Waals surface area (Å²) < 4.78 is 43.5. The van der Waals surface area contributed by atoms with Gasteiger partial charge in [-0.3, -0.25) is 5.41 Å². The number of halogens is 3. The number of amidine groups is 1. The number of aliphatic hydroxyl groups is 1. The summed E-state index contributed by atoms with van der Waals surface area (Å²) in [5.41, 5.74) is 5.04. The number of hydrogen-bond acceptors (Lipinski definition) is 4. The predicted molar refractivity (Wildman–Crippen MR) is 71.5 cm³/mol. The van der Waals surface area contributed by atoms with Crippen LogP contribution in [0.25, 0.3) is 0 Å². The molecule has 1 aliphatic rings. The maximum atomic E-state index is 12.7. The molecule has 8 heteroatoms. The van der Waals surface area contributed by atoms with Crippen molar-refractivity contribution in [1.29, 1.82) is 5.41 Å².